The number of pyridine rings is 1. The number of aromatic nitrogens is 3. The normalized spacial score (nSPS) is 16.9. The summed E-state index contributed by atoms with van der Waals surface area (Å²) in [6.45, 7) is 7.72. The Kier molecular flexibility index (Phi) is 6.50. The topological polar surface area (TPSA) is 68.0 Å². The molecule has 0 radical (unpaired) electrons. The number of hydrogen-bond acceptors (Lipinski definition) is 4. The van der Waals surface area contributed by atoms with E-state index in [4.69, 9.17) is 9.97 Å². The van der Waals surface area contributed by atoms with Crippen molar-refractivity contribution in [3.8, 4) is 0 Å². The molecule has 178 valence electrons. The Labute approximate surface area is 187 Å². The van der Waals surface area contributed by atoms with Gasteiger partial charge in [0.05, 0.1) is 11.1 Å². The van der Waals surface area contributed by atoms with Gasteiger partial charge in [-0.1, -0.05) is 13.8 Å². The monoisotopic (exact) mass is 453 g/mol. The molecular formula is C24H34F3N3O2. The molecule has 3 rings (SSSR count). The minimum atomic E-state index is -4.39. The lowest BCUT2D eigenvalue weighted by molar-refractivity contribution is -0.213. The third-order valence-corrected chi connectivity index (χ3v) is 6.68. The molecule has 2 aromatic heterocycles. The van der Waals surface area contributed by atoms with Gasteiger partial charge in [0.1, 0.15) is 22.7 Å². The number of unbranched alkanes of at least 4 members (excludes halogenated alkanes) is 1. The van der Waals surface area contributed by atoms with Gasteiger partial charge in [-0.25, -0.2) is 9.97 Å². The summed E-state index contributed by atoms with van der Waals surface area (Å²) < 4.78 is 41.2. The van der Waals surface area contributed by atoms with Crippen molar-refractivity contribution in [1.29, 1.82) is 0 Å². The third-order valence-electron chi connectivity index (χ3n) is 6.68. The van der Waals surface area contributed by atoms with Crippen LogP contribution in [0.25, 0.3) is 11.2 Å². The van der Waals surface area contributed by atoms with E-state index in [1.54, 1.807) is 19.9 Å². The van der Waals surface area contributed by atoms with Crippen molar-refractivity contribution in [3.05, 3.63) is 23.7 Å². The highest BCUT2D eigenvalue weighted by molar-refractivity contribution is 5.79. The van der Waals surface area contributed by atoms with Crippen LogP contribution >= 0.6 is 0 Å². The number of ketones is 1. The number of aliphatic hydroxyl groups is 1. The largest absolute Gasteiger partial charge is 0.394 e. The first kappa shape index (κ1) is 24.7. The molecule has 2 aromatic rings. The number of carbonyl (C=O) groups is 1. The van der Waals surface area contributed by atoms with Crippen molar-refractivity contribution < 1.29 is 23.1 Å². The van der Waals surface area contributed by atoms with Gasteiger partial charge >= 0.3 is 6.18 Å². The molecule has 1 aliphatic rings. The van der Waals surface area contributed by atoms with E-state index in [0.717, 1.165) is 50.1 Å². The molecule has 0 bridgehead atoms. The first-order valence-corrected chi connectivity index (χ1v) is 11.3. The molecule has 5 nitrogen and oxygen atoms in total. The van der Waals surface area contributed by atoms with Crippen LogP contribution in [0.15, 0.2) is 12.1 Å². The van der Waals surface area contributed by atoms with Gasteiger partial charge in [0, 0.05) is 24.8 Å². The number of alkyl halides is 3. The van der Waals surface area contributed by atoms with Crippen molar-refractivity contribution in [2.45, 2.75) is 103 Å². The van der Waals surface area contributed by atoms with E-state index >= 15 is 0 Å². The number of Topliss-reactive ketones (excluding diaryl/α,β-unsaturated/α-hetero) is 1. The van der Waals surface area contributed by atoms with E-state index in [1.807, 2.05) is 6.07 Å². The SMILES string of the molecule is CC(C)(O)c1ccc2nc(CCCCC(=O)CC(C)(C)C(F)(F)F)n(C3(C)CCC3)c2n1. The minimum absolute atomic E-state index is 0.0815. The second-order valence-electron chi connectivity index (χ2n) is 10.6. The molecule has 0 aliphatic heterocycles. The molecular weight excluding hydrogens is 419 g/mol. The smallest absolute Gasteiger partial charge is 0.384 e. The molecule has 0 saturated heterocycles. The average Bonchev–Trinajstić information content (AvgIpc) is 2.99. The van der Waals surface area contributed by atoms with E-state index in [0.29, 0.717) is 25.0 Å². The third kappa shape index (κ3) is 5.00. The Balaban J connectivity index is 1.72. The number of nitrogens with zero attached hydrogens (tertiary/aromatic N) is 3. The Morgan fingerprint density at radius 3 is 2.31 bits per heavy atom. The highest BCUT2D eigenvalue weighted by atomic mass is 19.4. The number of fused-ring (bicyclic) bond motifs is 1. The summed E-state index contributed by atoms with van der Waals surface area (Å²) in [5, 5.41) is 10.4. The van der Waals surface area contributed by atoms with Crippen LogP contribution in [0.2, 0.25) is 0 Å². The van der Waals surface area contributed by atoms with E-state index in [2.05, 4.69) is 11.5 Å². The van der Waals surface area contributed by atoms with Gasteiger partial charge in [0.25, 0.3) is 0 Å². The standard InChI is InChI=1S/C24H34F3N3O2/c1-21(2,24(25,26)27)15-16(31)9-6-7-10-19-28-17-11-12-18(22(3,4)32)29-20(17)30(19)23(5)13-8-14-23/h11-12,32H,6-10,13-15H2,1-5H3. The van der Waals surface area contributed by atoms with E-state index in [-0.39, 0.29) is 17.7 Å². The van der Waals surface area contributed by atoms with Crippen molar-refractivity contribution >= 4 is 16.9 Å². The summed E-state index contributed by atoms with van der Waals surface area (Å²) in [6.07, 6.45) is 0.236. The summed E-state index contributed by atoms with van der Waals surface area (Å²) >= 11 is 0. The van der Waals surface area contributed by atoms with Crippen LogP contribution in [0, 0.1) is 5.41 Å². The zero-order valence-electron chi connectivity index (χ0n) is 19.6. The number of carbonyl (C=O) groups excluding carboxylic acids is 1. The zero-order chi connectivity index (χ0) is 23.9. The van der Waals surface area contributed by atoms with Crippen molar-refractivity contribution in [1.82, 2.24) is 14.5 Å². The van der Waals surface area contributed by atoms with Crippen molar-refractivity contribution in [3.63, 3.8) is 0 Å². The van der Waals surface area contributed by atoms with Crippen LogP contribution in [0.1, 0.15) is 91.1 Å². The number of hydrogen-bond donors (Lipinski definition) is 1. The molecule has 1 N–H and O–H groups in total. The molecule has 1 fully saturated rings. The first-order chi connectivity index (χ1) is 14.6. The number of halogens is 3. The van der Waals surface area contributed by atoms with Gasteiger partial charge in [-0.2, -0.15) is 13.2 Å². The van der Waals surface area contributed by atoms with Crippen LogP contribution in [-0.4, -0.2) is 31.6 Å². The van der Waals surface area contributed by atoms with Gasteiger partial charge < -0.3 is 9.67 Å². The molecule has 1 aliphatic carbocycles. The van der Waals surface area contributed by atoms with Gasteiger partial charge in [-0.15, -0.1) is 0 Å². The second kappa shape index (κ2) is 8.43. The van der Waals surface area contributed by atoms with Gasteiger partial charge in [0.15, 0.2) is 5.65 Å². The maximum Gasteiger partial charge on any atom is 0.394 e. The van der Waals surface area contributed by atoms with Crippen molar-refractivity contribution in [2.75, 3.05) is 0 Å². The highest BCUT2D eigenvalue weighted by Crippen LogP contribution is 2.42. The molecule has 0 unspecified atom stereocenters. The van der Waals surface area contributed by atoms with Gasteiger partial charge in [-0.05, 0) is 65.0 Å². The second-order valence-corrected chi connectivity index (χ2v) is 10.6. The zero-order valence-corrected chi connectivity index (χ0v) is 19.6. The summed E-state index contributed by atoms with van der Waals surface area (Å²) in [4.78, 5) is 21.6. The molecule has 0 atom stereocenters. The van der Waals surface area contributed by atoms with Gasteiger partial charge in [0.2, 0.25) is 0 Å². The summed E-state index contributed by atoms with van der Waals surface area (Å²) in [6, 6.07) is 3.66. The fourth-order valence-corrected chi connectivity index (χ4v) is 4.28. The Bertz CT molecular complexity index is 983. The number of rotatable bonds is 9. The van der Waals surface area contributed by atoms with Crippen LogP contribution in [0.3, 0.4) is 0 Å². The minimum Gasteiger partial charge on any atom is -0.384 e. The lowest BCUT2D eigenvalue weighted by Gasteiger charge is -2.41. The predicted octanol–water partition coefficient (Wildman–Crippen LogP) is 5.82. The molecule has 0 aromatic carbocycles. The van der Waals surface area contributed by atoms with Crippen LogP contribution in [0.4, 0.5) is 13.2 Å². The fraction of sp³-hybridized carbons (Fsp3) is 0.708. The fourth-order valence-electron chi connectivity index (χ4n) is 4.28. The summed E-state index contributed by atoms with van der Waals surface area (Å²) in [5.74, 6) is 0.522. The van der Waals surface area contributed by atoms with Gasteiger partial charge in [-0.3, -0.25) is 4.79 Å². The highest BCUT2D eigenvalue weighted by Gasteiger charge is 2.48. The van der Waals surface area contributed by atoms with Crippen molar-refractivity contribution in [2.24, 2.45) is 5.41 Å². The van der Waals surface area contributed by atoms with E-state index < -0.39 is 23.6 Å². The molecule has 0 amide bonds. The maximum absolute atomic E-state index is 13.0. The molecule has 32 heavy (non-hydrogen) atoms. The Morgan fingerprint density at radius 1 is 1.12 bits per heavy atom. The summed E-state index contributed by atoms with van der Waals surface area (Å²) in [5.41, 5.74) is -1.04. The van der Waals surface area contributed by atoms with E-state index in [9.17, 15) is 23.1 Å². The Morgan fingerprint density at radius 2 is 1.78 bits per heavy atom. The lowest BCUT2D eigenvalue weighted by Crippen LogP contribution is -2.38. The quantitative estimate of drug-likeness (QED) is 0.486. The molecule has 1 saturated carbocycles. The van der Waals surface area contributed by atoms with Crippen LogP contribution in [0.5, 0.6) is 0 Å². The lowest BCUT2D eigenvalue weighted by atomic mass is 9.78. The molecule has 8 heteroatoms. The molecule has 2 heterocycles. The number of aryl methyl sites for hydroxylation is 1. The van der Waals surface area contributed by atoms with Crippen LogP contribution < -0.4 is 0 Å². The first-order valence-electron chi connectivity index (χ1n) is 11.3. The average molecular weight is 454 g/mol. The maximum atomic E-state index is 13.0. The van der Waals surface area contributed by atoms with E-state index in [1.165, 1.54) is 0 Å². The number of imidazole rings is 1. The predicted molar refractivity (Wildman–Crippen MR) is 117 cm³/mol. The van der Waals surface area contributed by atoms with Crippen LogP contribution in [-0.2, 0) is 22.4 Å². The molecule has 0 spiro atoms. The Hall–Kier alpha value is -1.96. The summed E-state index contributed by atoms with van der Waals surface area (Å²) in [7, 11) is 0.